The number of nitrogens with one attached hydrogen (secondary N) is 1. The van der Waals surface area contributed by atoms with E-state index in [4.69, 9.17) is 9.47 Å². The molecule has 1 aliphatic rings. The van der Waals surface area contributed by atoms with E-state index < -0.39 is 0 Å². The maximum Gasteiger partial charge on any atom is 0.133 e. The second kappa shape index (κ2) is 7.78. The Balaban J connectivity index is 1.75. The summed E-state index contributed by atoms with van der Waals surface area (Å²) in [6.45, 7) is 5.84. The van der Waals surface area contributed by atoms with Crippen molar-refractivity contribution < 1.29 is 9.47 Å². The third-order valence-electron chi connectivity index (χ3n) is 3.27. The smallest absolute Gasteiger partial charge is 0.133 e. The molecule has 20 heavy (non-hydrogen) atoms. The lowest BCUT2D eigenvalue weighted by Gasteiger charge is -2.17. The molecule has 1 N–H and O–H groups in total. The second-order valence-electron chi connectivity index (χ2n) is 5.41. The number of hydrogen-bond donors (Lipinski definition) is 1. The molecule has 0 amide bonds. The molecule has 1 heterocycles. The first-order chi connectivity index (χ1) is 9.54. The fourth-order valence-electron chi connectivity index (χ4n) is 2.19. The second-order valence-corrected chi connectivity index (χ2v) is 7.18. The normalized spacial score (nSPS) is 22.4. The van der Waals surface area contributed by atoms with Crippen molar-refractivity contribution in [3.63, 3.8) is 0 Å². The molecule has 2 atom stereocenters. The van der Waals surface area contributed by atoms with Gasteiger partial charge in [0.2, 0.25) is 0 Å². The molecular weight excluding hydrogens is 386 g/mol. The minimum atomic E-state index is 0.199. The quantitative estimate of drug-likeness (QED) is 0.770. The first-order valence-electron chi connectivity index (χ1n) is 7.01. The lowest BCUT2D eigenvalue weighted by molar-refractivity contribution is 0.0177. The maximum atomic E-state index is 5.99. The zero-order valence-corrected chi connectivity index (χ0v) is 15.0. The van der Waals surface area contributed by atoms with Gasteiger partial charge < -0.3 is 14.8 Å². The standard InChI is InChI=1S/C15H21Br2NO2/c1-10(2)18-8-12-4-5-13(20-12)9-19-15-6-3-11(16)7-14(15)17/h3,6-7,10,12-13,18H,4-5,8-9H2,1-2H3. The van der Waals surface area contributed by atoms with Crippen LogP contribution in [0.1, 0.15) is 26.7 Å². The van der Waals surface area contributed by atoms with Crippen molar-refractivity contribution in [3.8, 4) is 5.75 Å². The fraction of sp³-hybridized carbons (Fsp3) is 0.600. The molecule has 0 aromatic heterocycles. The van der Waals surface area contributed by atoms with Gasteiger partial charge in [0.1, 0.15) is 12.4 Å². The van der Waals surface area contributed by atoms with E-state index in [1.165, 1.54) is 0 Å². The van der Waals surface area contributed by atoms with Gasteiger partial charge in [-0.25, -0.2) is 0 Å². The average molecular weight is 407 g/mol. The van der Waals surface area contributed by atoms with E-state index in [2.05, 4.69) is 51.0 Å². The molecule has 1 saturated heterocycles. The van der Waals surface area contributed by atoms with Crippen LogP contribution in [0.25, 0.3) is 0 Å². The predicted octanol–water partition coefficient (Wildman–Crippen LogP) is 4.14. The molecule has 2 unspecified atom stereocenters. The molecule has 1 aromatic carbocycles. The highest BCUT2D eigenvalue weighted by molar-refractivity contribution is 9.11. The van der Waals surface area contributed by atoms with Crippen LogP contribution in [0.15, 0.2) is 27.1 Å². The zero-order valence-electron chi connectivity index (χ0n) is 11.9. The number of benzene rings is 1. The summed E-state index contributed by atoms with van der Waals surface area (Å²) in [7, 11) is 0. The van der Waals surface area contributed by atoms with Crippen molar-refractivity contribution >= 4 is 31.9 Å². The molecule has 1 aliphatic heterocycles. The lowest BCUT2D eigenvalue weighted by Crippen LogP contribution is -2.32. The third-order valence-corrected chi connectivity index (χ3v) is 4.38. The topological polar surface area (TPSA) is 30.5 Å². The SMILES string of the molecule is CC(C)NCC1CCC(COc2ccc(Br)cc2Br)O1. The average Bonchev–Trinajstić information content (AvgIpc) is 2.83. The van der Waals surface area contributed by atoms with Crippen LogP contribution < -0.4 is 10.1 Å². The minimum absolute atomic E-state index is 0.199. The highest BCUT2D eigenvalue weighted by atomic mass is 79.9. The molecule has 0 bridgehead atoms. The van der Waals surface area contributed by atoms with Crippen LogP contribution in [0.2, 0.25) is 0 Å². The number of halogens is 2. The Morgan fingerprint density at radius 3 is 2.75 bits per heavy atom. The summed E-state index contributed by atoms with van der Waals surface area (Å²) in [4.78, 5) is 0. The third kappa shape index (κ3) is 5.02. The molecule has 1 aromatic rings. The first kappa shape index (κ1) is 16.3. The Morgan fingerprint density at radius 2 is 2.05 bits per heavy atom. The van der Waals surface area contributed by atoms with E-state index in [9.17, 15) is 0 Å². The molecule has 0 aliphatic carbocycles. The summed E-state index contributed by atoms with van der Waals surface area (Å²) in [5.74, 6) is 0.862. The number of rotatable bonds is 6. The molecule has 0 spiro atoms. The number of hydrogen-bond acceptors (Lipinski definition) is 3. The van der Waals surface area contributed by atoms with E-state index >= 15 is 0 Å². The largest absolute Gasteiger partial charge is 0.490 e. The van der Waals surface area contributed by atoms with Crippen molar-refractivity contribution in [3.05, 3.63) is 27.1 Å². The Bertz CT molecular complexity index is 440. The summed E-state index contributed by atoms with van der Waals surface area (Å²) in [5, 5.41) is 3.42. The van der Waals surface area contributed by atoms with Crippen molar-refractivity contribution in [2.75, 3.05) is 13.2 Å². The van der Waals surface area contributed by atoms with Crippen LogP contribution in [0.3, 0.4) is 0 Å². The number of ether oxygens (including phenoxy) is 2. The van der Waals surface area contributed by atoms with E-state index in [1.807, 2.05) is 18.2 Å². The highest BCUT2D eigenvalue weighted by Gasteiger charge is 2.25. The van der Waals surface area contributed by atoms with Crippen LogP contribution >= 0.6 is 31.9 Å². The molecular formula is C15H21Br2NO2. The summed E-state index contributed by atoms with van der Waals surface area (Å²) in [6, 6.07) is 6.43. The van der Waals surface area contributed by atoms with Gasteiger partial charge in [0.25, 0.3) is 0 Å². The van der Waals surface area contributed by atoms with Crippen LogP contribution in [-0.4, -0.2) is 31.4 Å². The highest BCUT2D eigenvalue weighted by Crippen LogP contribution is 2.29. The van der Waals surface area contributed by atoms with Crippen LogP contribution in [0.4, 0.5) is 0 Å². The fourth-order valence-corrected chi connectivity index (χ4v) is 3.36. The van der Waals surface area contributed by atoms with E-state index in [0.29, 0.717) is 18.8 Å². The van der Waals surface area contributed by atoms with Gasteiger partial charge in [-0.1, -0.05) is 29.8 Å². The Morgan fingerprint density at radius 1 is 1.30 bits per heavy atom. The van der Waals surface area contributed by atoms with Crippen LogP contribution in [0.5, 0.6) is 5.75 Å². The predicted molar refractivity (Wildman–Crippen MR) is 88.4 cm³/mol. The van der Waals surface area contributed by atoms with E-state index in [-0.39, 0.29) is 6.10 Å². The summed E-state index contributed by atoms with van der Waals surface area (Å²) < 4.78 is 13.8. The van der Waals surface area contributed by atoms with Crippen LogP contribution in [0, 0.1) is 0 Å². The Hall–Kier alpha value is -0.100. The Labute approximate surface area is 137 Å². The van der Waals surface area contributed by atoms with Crippen molar-refractivity contribution in [1.29, 1.82) is 0 Å². The molecule has 112 valence electrons. The van der Waals surface area contributed by atoms with E-state index in [0.717, 1.165) is 34.1 Å². The van der Waals surface area contributed by atoms with Gasteiger partial charge in [0.15, 0.2) is 0 Å². The molecule has 0 radical (unpaired) electrons. The maximum absolute atomic E-state index is 5.99. The van der Waals surface area contributed by atoms with E-state index in [1.54, 1.807) is 0 Å². The van der Waals surface area contributed by atoms with Crippen LogP contribution in [-0.2, 0) is 4.74 Å². The van der Waals surface area contributed by atoms with Gasteiger partial charge in [0.05, 0.1) is 16.7 Å². The molecule has 3 nitrogen and oxygen atoms in total. The van der Waals surface area contributed by atoms with Gasteiger partial charge in [-0.05, 0) is 47.0 Å². The zero-order chi connectivity index (χ0) is 14.5. The molecule has 5 heteroatoms. The van der Waals surface area contributed by atoms with Crippen molar-refractivity contribution in [2.24, 2.45) is 0 Å². The summed E-state index contributed by atoms with van der Waals surface area (Å²) >= 11 is 6.94. The minimum Gasteiger partial charge on any atom is -0.490 e. The molecule has 1 fully saturated rings. The summed E-state index contributed by atoms with van der Waals surface area (Å²) in [5.41, 5.74) is 0. The van der Waals surface area contributed by atoms with Gasteiger partial charge in [-0.2, -0.15) is 0 Å². The van der Waals surface area contributed by atoms with Crippen molar-refractivity contribution in [1.82, 2.24) is 5.32 Å². The Kier molecular flexibility index (Phi) is 6.33. The lowest BCUT2D eigenvalue weighted by atomic mass is 10.2. The summed E-state index contributed by atoms with van der Waals surface area (Å²) in [6.07, 6.45) is 2.69. The van der Waals surface area contributed by atoms with Gasteiger partial charge in [0, 0.05) is 17.1 Å². The van der Waals surface area contributed by atoms with Gasteiger partial charge in [-0.3, -0.25) is 0 Å². The molecule has 0 saturated carbocycles. The molecule has 2 rings (SSSR count). The van der Waals surface area contributed by atoms with Gasteiger partial charge in [-0.15, -0.1) is 0 Å². The monoisotopic (exact) mass is 405 g/mol. The van der Waals surface area contributed by atoms with Gasteiger partial charge >= 0.3 is 0 Å². The first-order valence-corrected chi connectivity index (χ1v) is 8.60. The van der Waals surface area contributed by atoms with Crippen molar-refractivity contribution in [2.45, 2.75) is 44.9 Å².